The fourth-order valence-electron chi connectivity index (χ4n) is 1.57. The van der Waals surface area contributed by atoms with Crippen LogP contribution in [0.3, 0.4) is 0 Å². The van der Waals surface area contributed by atoms with Crippen LogP contribution < -0.4 is 4.74 Å². The molecule has 2 aromatic carbocycles. The zero-order chi connectivity index (χ0) is 13.8. The minimum atomic E-state index is -0.441. The molecule has 0 atom stereocenters. The largest absolute Gasteiger partial charge is 0.489 e. The maximum atomic E-state index is 10.9. The average Bonchev–Trinajstić information content (AvgIpc) is 2.36. The third-order valence-electron chi connectivity index (χ3n) is 2.43. The number of benzene rings is 2. The van der Waals surface area contributed by atoms with Crippen molar-refractivity contribution < 1.29 is 9.66 Å². The minimum absolute atomic E-state index is 0.00929. The smallest absolute Gasteiger partial charge is 0.276 e. The van der Waals surface area contributed by atoms with Gasteiger partial charge in [-0.3, -0.25) is 10.1 Å². The highest BCUT2D eigenvalue weighted by atomic mass is 127. The second-order valence-corrected chi connectivity index (χ2v) is 5.46. The van der Waals surface area contributed by atoms with E-state index >= 15 is 0 Å². The Hall–Kier alpha value is -1.34. The number of hydrogen-bond acceptors (Lipinski definition) is 3. The quantitative estimate of drug-likeness (QED) is 0.441. The molecule has 0 aliphatic rings. The summed E-state index contributed by atoms with van der Waals surface area (Å²) in [5, 5.41) is 11.4. The van der Waals surface area contributed by atoms with Crippen molar-refractivity contribution in [1.82, 2.24) is 0 Å². The molecule has 0 fully saturated rings. The van der Waals surface area contributed by atoms with Crippen molar-refractivity contribution in [3.8, 4) is 5.75 Å². The van der Waals surface area contributed by atoms with Gasteiger partial charge in [-0.1, -0.05) is 17.7 Å². The van der Waals surface area contributed by atoms with Crippen molar-refractivity contribution in [1.29, 1.82) is 0 Å². The summed E-state index contributed by atoms with van der Waals surface area (Å²) in [6, 6.07) is 11.9. The second-order valence-electron chi connectivity index (χ2n) is 3.78. The maximum Gasteiger partial charge on any atom is 0.276 e. The molecule has 4 nitrogen and oxygen atoms in total. The molecule has 2 rings (SSSR count). The van der Waals surface area contributed by atoms with E-state index in [9.17, 15) is 10.1 Å². The van der Waals surface area contributed by atoms with Gasteiger partial charge < -0.3 is 4.74 Å². The van der Waals surface area contributed by atoms with Gasteiger partial charge in [0.1, 0.15) is 12.4 Å². The number of hydrogen-bond donors (Lipinski definition) is 0. The first-order valence-electron chi connectivity index (χ1n) is 5.37. The highest BCUT2D eigenvalue weighted by molar-refractivity contribution is 14.1. The van der Waals surface area contributed by atoms with Crippen molar-refractivity contribution >= 4 is 39.9 Å². The van der Waals surface area contributed by atoms with Crippen LogP contribution in [-0.2, 0) is 6.61 Å². The SMILES string of the molecule is O=[N+]([O-])c1ccc(Cl)cc1COc1cccc(I)c1. The third-order valence-corrected chi connectivity index (χ3v) is 3.33. The van der Waals surface area contributed by atoms with E-state index in [0.717, 1.165) is 3.57 Å². The van der Waals surface area contributed by atoms with E-state index in [1.165, 1.54) is 12.1 Å². The highest BCUT2D eigenvalue weighted by Crippen LogP contribution is 2.24. The molecule has 0 aromatic heterocycles. The van der Waals surface area contributed by atoms with Crippen LogP contribution in [0.5, 0.6) is 5.75 Å². The normalized spacial score (nSPS) is 10.2. The van der Waals surface area contributed by atoms with E-state index in [4.69, 9.17) is 16.3 Å². The summed E-state index contributed by atoms with van der Waals surface area (Å²) in [5.41, 5.74) is 0.464. The van der Waals surface area contributed by atoms with Gasteiger partial charge in [-0.15, -0.1) is 0 Å². The van der Waals surface area contributed by atoms with Crippen LogP contribution in [0.15, 0.2) is 42.5 Å². The van der Waals surface area contributed by atoms with E-state index in [1.807, 2.05) is 18.2 Å². The van der Waals surface area contributed by atoms with Gasteiger partial charge in [-0.2, -0.15) is 0 Å². The summed E-state index contributed by atoms with van der Waals surface area (Å²) in [4.78, 5) is 10.5. The van der Waals surface area contributed by atoms with E-state index in [0.29, 0.717) is 16.3 Å². The molecule has 0 bridgehead atoms. The summed E-state index contributed by atoms with van der Waals surface area (Å²) >= 11 is 8.02. The van der Waals surface area contributed by atoms with Crippen molar-refractivity contribution in [2.45, 2.75) is 6.61 Å². The molecular weight excluding hydrogens is 381 g/mol. The molecule has 0 aliphatic carbocycles. The van der Waals surface area contributed by atoms with Crippen LogP contribution in [0.1, 0.15) is 5.56 Å². The first-order chi connectivity index (χ1) is 9.06. The van der Waals surface area contributed by atoms with Gasteiger partial charge in [0.25, 0.3) is 5.69 Å². The number of rotatable bonds is 4. The molecular formula is C13H9ClINO3. The highest BCUT2D eigenvalue weighted by Gasteiger charge is 2.14. The molecule has 0 spiro atoms. The summed E-state index contributed by atoms with van der Waals surface area (Å²) in [7, 11) is 0. The zero-order valence-electron chi connectivity index (χ0n) is 9.68. The summed E-state index contributed by atoms with van der Waals surface area (Å²) in [6.07, 6.45) is 0. The monoisotopic (exact) mass is 389 g/mol. The fourth-order valence-corrected chi connectivity index (χ4v) is 2.27. The fraction of sp³-hybridized carbons (Fsp3) is 0.0769. The number of ether oxygens (including phenoxy) is 1. The van der Waals surface area contributed by atoms with Crippen LogP contribution >= 0.6 is 34.2 Å². The Bertz CT molecular complexity index is 619. The molecule has 0 radical (unpaired) electrons. The Kier molecular flexibility index (Phi) is 4.60. The number of halogens is 2. The first-order valence-corrected chi connectivity index (χ1v) is 6.83. The molecule has 0 unspecified atom stereocenters. The molecule has 19 heavy (non-hydrogen) atoms. The third kappa shape index (κ3) is 3.81. The first kappa shape index (κ1) is 14.1. The Balaban J connectivity index is 2.19. The Morgan fingerprint density at radius 1 is 1.26 bits per heavy atom. The number of nitro groups is 1. The van der Waals surface area contributed by atoms with Gasteiger partial charge in [0, 0.05) is 14.7 Å². The van der Waals surface area contributed by atoms with Crippen LogP contribution in [0, 0.1) is 13.7 Å². The van der Waals surface area contributed by atoms with Gasteiger partial charge in [0.05, 0.1) is 10.5 Å². The molecule has 2 aromatic rings. The number of nitro benzene ring substituents is 1. The van der Waals surface area contributed by atoms with Gasteiger partial charge in [0.15, 0.2) is 0 Å². The lowest BCUT2D eigenvalue weighted by atomic mass is 10.2. The van der Waals surface area contributed by atoms with E-state index in [-0.39, 0.29) is 12.3 Å². The standard InChI is InChI=1S/C13H9ClINO3/c14-10-4-5-13(16(17)18)9(6-10)8-19-12-3-1-2-11(15)7-12/h1-7H,8H2. The summed E-state index contributed by atoms with van der Waals surface area (Å²) in [5.74, 6) is 0.668. The summed E-state index contributed by atoms with van der Waals surface area (Å²) < 4.78 is 6.59. The molecule has 0 heterocycles. The molecule has 0 amide bonds. The zero-order valence-corrected chi connectivity index (χ0v) is 12.6. The predicted molar refractivity (Wildman–Crippen MR) is 81.6 cm³/mol. The second kappa shape index (κ2) is 6.21. The molecule has 0 aliphatic heterocycles. The summed E-state index contributed by atoms with van der Waals surface area (Å²) in [6.45, 7) is 0.108. The van der Waals surface area contributed by atoms with Gasteiger partial charge in [-0.25, -0.2) is 0 Å². The molecule has 0 N–H and O–H groups in total. The van der Waals surface area contributed by atoms with Crippen LogP contribution in [0.25, 0.3) is 0 Å². The van der Waals surface area contributed by atoms with Gasteiger partial charge in [0.2, 0.25) is 0 Å². The van der Waals surface area contributed by atoms with Crippen LogP contribution in [0.2, 0.25) is 5.02 Å². The van der Waals surface area contributed by atoms with Crippen molar-refractivity contribution in [3.05, 3.63) is 66.7 Å². The lowest BCUT2D eigenvalue weighted by Crippen LogP contribution is -2.00. The topological polar surface area (TPSA) is 52.4 Å². The van der Waals surface area contributed by atoms with E-state index < -0.39 is 4.92 Å². The lowest BCUT2D eigenvalue weighted by Gasteiger charge is -2.07. The van der Waals surface area contributed by atoms with Crippen molar-refractivity contribution in [2.24, 2.45) is 0 Å². The van der Waals surface area contributed by atoms with Crippen molar-refractivity contribution in [2.75, 3.05) is 0 Å². The molecule has 98 valence electrons. The van der Waals surface area contributed by atoms with E-state index in [2.05, 4.69) is 22.6 Å². The van der Waals surface area contributed by atoms with Gasteiger partial charge >= 0.3 is 0 Å². The Morgan fingerprint density at radius 3 is 2.74 bits per heavy atom. The van der Waals surface area contributed by atoms with Crippen LogP contribution in [0.4, 0.5) is 5.69 Å². The van der Waals surface area contributed by atoms with Crippen LogP contribution in [-0.4, -0.2) is 4.92 Å². The number of nitrogens with zero attached hydrogens (tertiary/aromatic N) is 1. The maximum absolute atomic E-state index is 10.9. The van der Waals surface area contributed by atoms with Crippen molar-refractivity contribution in [3.63, 3.8) is 0 Å². The molecule has 6 heteroatoms. The molecule has 0 saturated heterocycles. The average molecular weight is 390 g/mol. The van der Waals surface area contributed by atoms with Gasteiger partial charge in [-0.05, 0) is 52.9 Å². The Labute approximate surface area is 128 Å². The molecule has 0 saturated carbocycles. The van der Waals surface area contributed by atoms with E-state index in [1.54, 1.807) is 12.1 Å². The predicted octanol–water partition coefficient (Wildman–Crippen LogP) is 4.43. The lowest BCUT2D eigenvalue weighted by molar-refractivity contribution is -0.385. The Morgan fingerprint density at radius 2 is 2.05 bits per heavy atom. The minimum Gasteiger partial charge on any atom is -0.489 e.